The number of aliphatic carboxylic acids is 4. The van der Waals surface area contributed by atoms with Gasteiger partial charge in [-0.1, -0.05) is 0 Å². The second kappa shape index (κ2) is 5.80. The fraction of sp³-hybridized carbons (Fsp3) is 0.500. The monoisotopic (exact) mass is 250 g/mol. The average Bonchev–Trinajstić information content (AvgIpc) is 2.11. The standard InChI is InChI=1S/C8H10O9/c9-4(10)1-8(7(15)16,2-5(11)12)17-3-6(13)14/h1-3H2,(H,9,10)(H,11,12)(H,13,14)(H,15,16). The Morgan fingerprint density at radius 1 is 0.824 bits per heavy atom. The van der Waals surface area contributed by atoms with Gasteiger partial charge in [0.25, 0.3) is 0 Å². The van der Waals surface area contributed by atoms with Gasteiger partial charge >= 0.3 is 23.9 Å². The molecule has 0 fully saturated rings. The Morgan fingerprint density at radius 2 is 1.24 bits per heavy atom. The number of hydrogen-bond acceptors (Lipinski definition) is 5. The lowest BCUT2D eigenvalue weighted by atomic mass is 9.95. The molecule has 0 rings (SSSR count). The first-order chi connectivity index (χ1) is 7.69. The zero-order valence-corrected chi connectivity index (χ0v) is 8.45. The molecule has 0 saturated heterocycles. The molecule has 0 heterocycles. The molecule has 0 aromatic heterocycles. The number of hydrogen-bond donors (Lipinski definition) is 4. The SMILES string of the molecule is O=C(O)COC(CC(=O)O)(CC(=O)O)C(=O)O. The molecule has 0 aliphatic rings. The van der Waals surface area contributed by atoms with Crippen LogP contribution in [0.2, 0.25) is 0 Å². The highest BCUT2D eigenvalue weighted by molar-refractivity contribution is 5.88. The van der Waals surface area contributed by atoms with E-state index >= 15 is 0 Å². The van der Waals surface area contributed by atoms with Crippen LogP contribution in [0.1, 0.15) is 12.8 Å². The number of ether oxygens (including phenoxy) is 1. The molecule has 0 amide bonds. The summed E-state index contributed by atoms with van der Waals surface area (Å²) < 4.78 is 4.41. The number of carbonyl (C=O) groups is 4. The van der Waals surface area contributed by atoms with Crippen molar-refractivity contribution in [2.24, 2.45) is 0 Å². The van der Waals surface area contributed by atoms with Gasteiger partial charge in [-0.3, -0.25) is 9.59 Å². The molecule has 0 saturated carbocycles. The van der Waals surface area contributed by atoms with Crippen molar-refractivity contribution in [3.63, 3.8) is 0 Å². The van der Waals surface area contributed by atoms with Crippen molar-refractivity contribution in [2.45, 2.75) is 18.4 Å². The first kappa shape index (κ1) is 14.8. The molecular formula is C8H10O9. The fourth-order valence-corrected chi connectivity index (χ4v) is 1.07. The molecule has 0 aliphatic heterocycles. The summed E-state index contributed by atoms with van der Waals surface area (Å²) in [5.74, 6) is -6.60. The molecule has 0 unspecified atom stereocenters. The van der Waals surface area contributed by atoms with E-state index in [1.54, 1.807) is 0 Å². The van der Waals surface area contributed by atoms with Crippen LogP contribution in [0.15, 0.2) is 0 Å². The topological polar surface area (TPSA) is 158 Å². The van der Waals surface area contributed by atoms with Crippen molar-refractivity contribution < 1.29 is 44.3 Å². The third kappa shape index (κ3) is 4.93. The highest BCUT2D eigenvalue weighted by Gasteiger charge is 2.44. The molecule has 0 aliphatic carbocycles. The normalized spacial score (nSPS) is 10.8. The van der Waals surface area contributed by atoms with Gasteiger partial charge in [0.1, 0.15) is 6.61 Å². The summed E-state index contributed by atoms with van der Waals surface area (Å²) in [6, 6.07) is 0. The maximum absolute atomic E-state index is 10.9. The molecular weight excluding hydrogens is 240 g/mol. The molecule has 9 heteroatoms. The minimum atomic E-state index is -2.59. The Kier molecular flexibility index (Phi) is 5.06. The first-order valence-corrected chi connectivity index (χ1v) is 4.22. The summed E-state index contributed by atoms with van der Waals surface area (Å²) in [4.78, 5) is 42.0. The van der Waals surface area contributed by atoms with E-state index in [9.17, 15) is 19.2 Å². The predicted molar refractivity (Wildman–Crippen MR) is 48.5 cm³/mol. The van der Waals surface area contributed by atoms with Gasteiger partial charge in [0.2, 0.25) is 0 Å². The second-order valence-electron chi connectivity index (χ2n) is 3.12. The van der Waals surface area contributed by atoms with E-state index in [1.165, 1.54) is 0 Å². The lowest BCUT2D eigenvalue weighted by Crippen LogP contribution is -2.46. The second-order valence-corrected chi connectivity index (χ2v) is 3.12. The quantitative estimate of drug-likeness (QED) is 0.417. The number of carboxylic acids is 4. The first-order valence-electron chi connectivity index (χ1n) is 4.22. The Hall–Kier alpha value is -2.16. The van der Waals surface area contributed by atoms with Crippen LogP contribution >= 0.6 is 0 Å². The van der Waals surface area contributed by atoms with Gasteiger partial charge in [-0.05, 0) is 0 Å². The molecule has 0 spiro atoms. The highest BCUT2D eigenvalue weighted by Crippen LogP contribution is 2.22. The van der Waals surface area contributed by atoms with Crippen molar-refractivity contribution in [3.05, 3.63) is 0 Å². The molecule has 0 aromatic rings. The third-order valence-corrected chi connectivity index (χ3v) is 1.74. The summed E-state index contributed by atoms with van der Waals surface area (Å²) in [7, 11) is 0. The summed E-state index contributed by atoms with van der Waals surface area (Å²) >= 11 is 0. The van der Waals surface area contributed by atoms with Crippen LogP contribution in [-0.4, -0.2) is 56.5 Å². The summed E-state index contributed by atoms with van der Waals surface area (Å²) in [5.41, 5.74) is -2.59. The molecule has 0 aromatic carbocycles. The molecule has 4 N–H and O–H groups in total. The van der Waals surface area contributed by atoms with E-state index in [0.717, 1.165) is 0 Å². The van der Waals surface area contributed by atoms with Gasteiger partial charge in [0.05, 0.1) is 12.8 Å². The largest absolute Gasteiger partial charge is 0.481 e. The van der Waals surface area contributed by atoms with Crippen LogP contribution in [0.25, 0.3) is 0 Å². The maximum atomic E-state index is 10.9. The Labute approximate surface area is 94.2 Å². The highest BCUT2D eigenvalue weighted by atomic mass is 16.5. The molecule has 96 valence electrons. The van der Waals surface area contributed by atoms with Crippen LogP contribution in [-0.2, 0) is 23.9 Å². The zero-order valence-electron chi connectivity index (χ0n) is 8.45. The fourth-order valence-electron chi connectivity index (χ4n) is 1.07. The third-order valence-electron chi connectivity index (χ3n) is 1.74. The molecule has 17 heavy (non-hydrogen) atoms. The Balaban J connectivity index is 5.07. The van der Waals surface area contributed by atoms with Crippen molar-refractivity contribution >= 4 is 23.9 Å². The van der Waals surface area contributed by atoms with Crippen LogP contribution in [0, 0.1) is 0 Å². The Morgan fingerprint density at radius 3 is 1.47 bits per heavy atom. The van der Waals surface area contributed by atoms with Gasteiger partial charge in [-0.15, -0.1) is 0 Å². The number of rotatable bonds is 8. The van der Waals surface area contributed by atoms with E-state index in [2.05, 4.69) is 4.74 Å². The van der Waals surface area contributed by atoms with Crippen molar-refractivity contribution in [3.8, 4) is 0 Å². The van der Waals surface area contributed by atoms with Crippen LogP contribution in [0.3, 0.4) is 0 Å². The van der Waals surface area contributed by atoms with E-state index in [-0.39, 0.29) is 0 Å². The predicted octanol–water partition coefficient (Wildman–Crippen LogP) is -1.14. The van der Waals surface area contributed by atoms with Crippen molar-refractivity contribution in [2.75, 3.05) is 6.61 Å². The van der Waals surface area contributed by atoms with Crippen LogP contribution in [0.4, 0.5) is 0 Å². The summed E-state index contributed by atoms with van der Waals surface area (Å²) in [5, 5.41) is 34.1. The maximum Gasteiger partial charge on any atom is 0.337 e. The van der Waals surface area contributed by atoms with Gasteiger partial charge < -0.3 is 25.2 Å². The minimum absolute atomic E-state index is 1.10. The Bertz CT molecular complexity index is 329. The minimum Gasteiger partial charge on any atom is -0.481 e. The zero-order chi connectivity index (χ0) is 13.6. The lowest BCUT2D eigenvalue weighted by molar-refractivity contribution is -0.182. The molecule has 9 nitrogen and oxygen atoms in total. The van der Waals surface area contributed by atoms with Gasteiger partial charge in [-0.2, -0.15) is 0 Å². The molecule has 0 radical (unpaired) electrons. The van der Waals surface area contributed by atoms with Crippen LogP contribution in [0.5, 0.6) is 0 Å². The van der Waals surface area contributed by atoms with Gasteiger partial charge in [-0.25, -0.2) is 9.59 Å². The van der Waals surface area contributed by atoms with Gasteiger partial charge in [0.15, 0.2) is 5.60 Å². The average molecular weight is 250 g/mol. The smallest absolute Gasteiger partial charge is 0.337 e. The number of carboxylic acid groups (broad SMARTS) is 4. The van der Waals surface area contributed by atoms with Crippen LogP contribution < -0.4 is 0 Å². The summed E-state index contributed by atoms with van der Waals surface area (Å²) in [6.45, 7) is -1.10. The summed E-state index contributed by atoms with van der Waals surface area (Å²) in [6.07, 6.45) is -2.30. The van der Waals surface area contributed by atoms with E-state index in [0.29, 0.717) is 0 Å². The van der Waals surface area contributed by atoms with Crippen molar-refractivity contribution in [1.29, 1.82) is 0 Å². The molecule has 0 bridgehead atoms. The van der Waals surface area contributed by atoms with E-state index in [1.807, 2.05) is 0 Å². The van der Waals surface area contributed by atoms with E-state index < -0.39 is 48.9 Å². The van der Waals surface area contributed by atoms with E-state index in [4.69, 9.17) is 20.4 Å². The lowest BCUT2D eigenvalue weighted by Gasteiger charge is -2.25. The van der Waals surface area contributed by atoms with Crippen molar-refractivity contribution in [1.82, 2.24) is 0 Å². The molecule has 0 atom stereocenters. The van der Waals surface area contributed by atoms with Gasteiger partial charge in [0, 0.05) is 0 Å².